The van der Waals surface area contributed by atoms with Gasteiger partial charge in [-0.1, -0.05) is 43.2 Å². The minimum absolute atomic E-state index is 0.0416. The van der Waals surface area contributed by atoms with Gasteiger partial charge in [-0.15, -0.1) is 5.10 Å². The number of hydrogen-bond acceptors (Lipinski definition) is 6. The normalized spacial score (nSPS) is 10.5. The second kappa shape index (κ2) is 10.7. The maximum absolute atomic E-state index is 13.4. The van der Waals surface area contributed by atoms with Crippen molar-refractivity contribution >= 4 is 28.1 Å². The molecular weight excluding hydrogens is 492 g/mol. The lowest BCUT2D eigenvalue weighted by Gasteiger charge is -2.14. The number of para-hydroxylation sites is 1. The van der Waals surface area contributed by atoms with Crippen LogP contribution in [0.3, 0.4) is 0 Å². The van der Waals surface area contributed by atoms with E-state index >= 15 is 0 Å². The Labute approximate surface area is 222 Å². The monoisotopic (exact) mass is 516 g/mol. The third-order valence-corrected chi connectivity index (χ3v) is 6.00. The van der Waals surface area contributed by atoms with Gasteiger partial charge in [0.25, 0.3) is 11.5 Å². The van der Waals surface area contributed by atoms with Crippen molar-refractivity contribution in [2.45, 2.75) is 13.3 Å². The van der Waals surface area contributed by atoms with Crippen LogP contribution in [0.25, 0.3) is 22.1 Å². The molecule has 0 aliphatic heterocycles. The van der Waals surface area contributed by atoms with Crippen molar-refractivity contribution < 1.29 is 4.79 Å². The van der Waals surface area contributed by atoms with Gasteiger partial charge < -0.3 is 11.5 Å². The molecule has 39 heavy (non-hydrogen) atoms. The van der Waals surface area contributed by atoms with Crippen molar-refractivity contribution in [1.82, 2.24) is 29.4 Å². The molecule has 0 saturated carbocycles. The molecule has 0 bridgehead atoms. The summed E-state index contributed by atoms with van der Waals surface area (Å²) in [6.07, 6.45) is 5.61. The van der Waals surface area contributed by atoms with E-state index in [1.54, 1.807) is 35.3 Å². The van der Waals surface area contributed by atoms with Crippen LogP contribution in [0.4, 0.5) is 5.82 Å². The van der Waals surface area contributed by atoms with Gasteiger partial charge in [0.05, 0.1) is 5.39 Å². The zero-order valence-corrected chi connectivity index (χ0v) is 21.0. The van der Waals surface area contributed by atoms with Crippen LogP contribution in [-0.2, 0) is 6.42 Å². The summed E-state index contributed by atoms with van der Waals surface area (Å²) in [6.45, 7) is 2.06. The van der Waals surface area contributed by atoms with Gasteiger partial charge in [-0.05, 0) is 54.1 Å². The molecule has 6 aromatic rings. The SMILES string of the molecule is CCc1cc2cccc(C#Cc3ccn[nH]3)c2c(=O)n1-c1ccccc1.NC(=O)c1c(N)nn2cccnc12. The third-order valence-electron chi connectivity index (χ3n) is 6.00. The van der Waals surface area contributed by atoms with Crippen LogP contribution < -0.4 is 17.0 Å². The number of carbonyl (C=O) groups is 1. The van der Waals surface area contributed by atoms with Crippen molar-refractivity contribution in [2.24, 2.45) is 5.73 Å². The number of nitrogen functional groups attached to an aromatic ring is 1. The first-order valence-corrected chi connectivity index (χ1v) is 12.1. The molecule has 0 aliphatic rings. The summed E-state index contributed by atoms with van der Waals surface area (Å²) in [5.41, 5.74) is 14.4. The Morgan fingerprint density at radius 1 is 1.03 bits per heavy atom. The van der Waals surface area contributed by atoms with E-state index in [1.165, 1.54) is 4.52 Å². The number of rotatable bonds is 3. The Hall–Kier alpha value is -5.69. The predicted octanol–water partition coefficient (Wildman–Crippen LogP) is 3.09. The fraction of sp³-hybridized carbons (Fsp3) is 0.0690. The molecule has 192 valence electrons. The molecule has 10 nitrogen and oxygen atoms in total. The average Bonchev–Trinajstić information content (AvgIpc) is 3.59. The largest absolute Gasteiger partial charge is 0.381 e. The number of aryl methyl sites for hydroxylation is 1. The van der Waals surface area contributed by atoms with Gasteiger partial charge >= 0.3 is 0 Å². The van der Waals surface area contributed by atoms with Crippen LogP contribution in [0.5, 0.6) is 0 Å². The van der Waals surface area contributed by atoms with Crippen molar-refractivity contribution in [3.05, 3.63) is 118 Å². The lowest BCUT2D eigenvalue weighted by atomic mass is 10.0. The summed E-state index contributed by atoms with van der Waals surface area (Å²) in [5.74, 6) is 5.63. The number of nitrogens with zero attached hydrogens (tertiary/aromatic N) is 5. The highest BCUT2D eigenvalue weighted by Crippen LogP contribution is 2.19. The van der Waals surface area contributed by atoms with Crippen LogP contribution in [0, 0.1) is 11.8 Å². The fourth-order valence-corrected chi connectivity index (χ4v) is 4.24. The van der Waals surface area contributed by atoms with Crippen LogP contribution in [-0.4, -0.2) is 35.3 Å². The maximum Gasteiger partial charge on any atom is 0.264 e. The standard InChI is InChI=1S/C22H17N3O.C7H7N5O/c1-2-19-15-17-8-6-7-16(11-12-18-13-14-23-24-18)21(17)22(26)25(19)20-9-4-3-5-10-20;8-5-4(6(9)13)7-10-2-1-3-12(7)11-5/h3-10,13-15H,2H2,1H3,(H,23,24);1-3H,(H2,8,11)(H2,9,13). The molecule has 1 amide bonds. The zero-order chi connectivity index (χ0) is 27.4. The summed E-state index contributed by atoms with van der Waals surface area (Å²) in [7, 11) is 0. The van der Waals surface area contributed by atoms with E-state index in [9.17, 15) is 9.59 Å². The summed E-state index contributed by atoms with van der Waals surface area (Å²) in [5, 5.41) is 12.1. The van der Waals surface area contributed by atoms with Gasteiger partial charge in [-0.2, -0.15) is 5.10 Å². The molecule has 0 aliphatic carbocycles. The van der Waals surface area contributed by atoms with Gasteiger partial charge in [0.2, 0.25) is 0 Å². The van der Waals surface area contributed by atoms with Crippen molar-refractivity contribution in [3.63, 3.8) is 0 Å². The van der Waals surface area contributed by atoms with Gasteiger partial charge in [0.1, 0.15) is 11.3 Å². The number of carbonyl (C=O) groups excluding carboxylic acids is 1. The number of aromatic nitrogens is 6. The Bertz CT molecular complexity index is 1910. The lowest BCUT2D eigenvalue weighted by Crippen LogP contribution is -2.22. The first-order chi connectivity index (χ1) is 19.0. The molecule has 10 heteroatoms. The first-order valence-electron chi connectivity index (χ1n) is 12.1. The molecule has 6 rings (SSSR count). The number of aromatic amines is 1. The van der Waals surface area contributed by atoms with Crippen LogP contribution in [0.15, 0.2) is 90.1 Å². The number of benzene rings is 2. The summed E-state index contributed by atoms with van der Waals surface area (Å²) < 4.78 is 3.19. The van der Waals surface area contributed by atoms with Crippen LogP contribution in [0.1, 0.15) is 34.2 Å². The minimum atomic E-state index is -0.619. The van der Waals surface area contributed by atoms with Gasteiger partial charge in [0, 0.05) is 35.5 Å². The van der Waals surface area contributed by atoms with E-state index in [2.05, 4.69) is 45.1 Å². The van der Waals surface area contributed by atoms with Gasteiger partial charge in [-0.25, -0.2) is 9.50 Å². The van der Waals surface area contributed by atoms with Crippen LogP contribution in [0.2, 0.25) is 0 Å². The van der Waals surface area contributed by atoms with E-state index in [0.717, 1.165) is 34.4 Å². The predicted molar refractivity (Wildman–Crippen MR) is 149 cm³/mol. The van der Waals surface area contributed by atoms with Crippen LogP contribution >= 0.6 is 0 Å². The van der Waals surface area contributed by atoms with E-state index in [0.29, 0.717) is 11.0 Å². The third kappa shape index (κ3) is 4.97. The number of hydrogen-bond donors (Lipinski definition) is 3. The Kier molecular flexibility index (Phi) is 6.88. The molecule has 0 unspecified atom stereocenters. The number of anilines is 1. The molecule has 4 heterocycles. The summed E-state index contributed by atoms with van der Waals surface area (Å²) >= 11 is 0. The molecule has 4 aromatic heterocycles. The molecule has 0 atom stereocenters. The van der Waals surface area contributed by atoms with E-state index in [1.807, 2.05) is 48.5 Å². The second-order valence-corrected chi connectivity index (χ2v) is 8.47. The molecule has 5 N–H and O–H groups in total. The van der Waals surface area contributed by atoms with Crippen molar-refractivity contribution in [2.75, 3.05) is 5.73 Å². The topological polar surface area (TPSA) is 150 Å². The van der Waals surface area contributed by atoms with E-state index in [4.69, 9.17) is 11.5 Å². The average molecular weight is 517 g/mol. The quantitative estimate of drug-likeness (QED) is 0.308. The van der Waals surface area contributed by atoms with Crippen molar-refractivity contribution in [1.29, 1.82) is 0 Å². The highest BCUT2D eigenvalue weighted by molar-refractivity contribution is 6.03. The minimum Gasteiger partial charge on any atom is -0.381 e. The van der Waals surface area contributed by atoms with Crippen molar-refractivity contribution in [3.8, 4) is 17.5 Å². The number of fused-ring (bicyclic) bond motifs is 2. The molecule has 0 spiro atoms. The maximum atomic E-state index is 13.4. The highest BCUT2D eigenvalue weighted by atomic mass is 16.1. The molecule has 0 saturated heterocycles. The smallest absolute Gasteiger partial charge is 0.264 e. The Morgan fingerprint density at radius 3 is 2.56 bits per heavy atom. The molecule has 0 radical (unpaired) electrons. The summed E-state index contributed by atoms with van der Waals surface area (Å²) in [6, 6.07) is 21.1. The summed E-state index contributed by atoms with van der Waals surface area (Å²) in [4.78, 5) is 28.3. The van der Waals surface area contributed by atoms with E-state index in [-0.39, 0.29) is 16.9 Å². The van der Waals surface area contributed by atoms with Gasteiger partial charge in [0.15, 0.2) is 11.5 Å². The number of amides is 1. The number of nitrogens with two attached hydrogens (primary N) is 2. The lowest BCUT2D eigenvalue weighted by molar-refractivity contribution is 0.100. The number of primary amides is 1. The fourth-order valence-electron chi connectivity index (χ4n) is 4.24. The Morgan fingerprint density at radius 2 is 1.85 bits per heavy atom. The first kappa shape index (κ1) is 25.0. The second-order valence-electron chi connectivity index (χ2n) is 8.47. The zero-order valence-electron chi connectivity index (χ0n) is 21.0. The highest BCUT2D eigenvalue weighted by Gasteiger charge is 2.15. The van der Waals surface area contributed by atoms with Gasteiger partial charge in [-0.3, -0.25) is 19.3 Å². The Balaban J connectivity index is 0.000000198. The molecule has 2 aromatic carbocycles. The van der Waals surface area contributed by atoms with E-state index < -0.39 is 5.91 Å². The number of pyridine rings is 1. The molecular formula is C29H24N8O2. The molecule has 0 fully saturated rings. The number of nitrogens with one attached hydrogen (secondary N) is 1. The number of H-pyrrole nitrogens is 1.